The number of nitrogens with zero attached hydrogens (tertiary/aromatic N) is 2. The van der Waals surface area contributed by atoms with E-state index in [2.05, 4.69) is 27.5 Å². The topological polar surface area (TPSA) is 49.8 Å². The fourth-order valence-electron chi connectivity index (χ4n) is 2.19. The van der Waals surface area contributed by atoms with Crippen molar-refractivity contribution in [3.05, 3.63) is 12.4 Å². The first-order chi connectivity index (χ1) is 8.29. The van der Waals surface area contributed by atoms with Gasteiger partial charge in [0.05, 0.1) is 0 Å². The molecule has 2 rings (SSSR count). The molecule has 2 heterocycles. The number of aromatic nitrogens is 2. The Kier molecular flexibility index (Phi) is 4.62. The summed E-state index contributed by atoms with van der Waals surface area (Å²) in [6.07, 6.45) is 6.22. The van der Waals surface area contributed by atoms with E-state index in [1.807, 2.05) is 12.3 Å². The van der Waals surface area contributed by atoms with Crippen LogP contribution in [0.15, 0.2) is 17.4 Å². The highest BCUT2D eigenvalue weighted by atomic mass is 32.2. The molecule has 1 saturated heterocycles. The molecule has 0 amide bonds. The van der Waals surface area contributed by atoms with Gasteiger partial charge >= 0.3 is 0 Å². The number of rotatable bonds is 4. The lowest BCUT2D eigenvalue weighted by Crippen LogP contribution is -2.38. The predicted molar refractivity (Wildman–Crippen MR) is 72.5 cm³/mol. The zero-order chi connectivity index (χ0) is 12.1. The highest BCUT2D eigenvalue weighted by Crippen LogP contribution is 2.19. The molecule has 1 aliphatic rings. The molecule has 0 saturated carbocycles. The maximum atomic E-state index is 4.27. The van der Waals surface area contributed by atoms with Gasteiger partial charge in [-0.2, -0.15) is 0 Å². The molecule has 2 unspecified atom stereocenters. The Bertz CT molecular complexity index is 352. The van der Waals surface area contributed by atoms with Crippen molar-refractivity contribution in [2.75, 3.05) is 24.7 Å². The van der Waals surface area contributed by atoms with Crippen LogP contribution in [-0.4, -0.2) is 35.4 Å². The molecule has 17 heavy (non-hydrogen) atoms. The van der Waals surface area contributed by atoms with E-state index in [0.29, 0.717) is 12.0 Å². The summed E-state index contributed by atoms with van der Waals surface area (Å²) in [6.45, 7) is 4.50. The Labute approximate surface area is 107 Å². The van der Waals surface area contributed by atoms with Crippen molar-refractivity contribution in [3.8, 4) is 0 Å². The van der Waals surface area contributed by atoms with Crippen molar-refractivity contribution in [1.29, 1.82) is 0 Å². The summed E-state index contributed by atoms with van der Waals surface area (Å²) in [7, 11) is 0. The van der Waals surface area contributed by atoms with Gasteiger partial charge in [0.25, 0.3) is 0 Å². The normalized spacial score (nSPS) is 22.1. The van der Waals surface area contributed by atoms with E-state index in [4.69, 9.17) is 0 Å². The monoisotopic (exact) mass is 252 g/mol. The average molecular weight is 252 g/mol. The molecule has 1 aromatic rings. The quantitative estimate of drug-likeness (QED) is 0.634. The number of hydrogen-bond acceptors (Lipinski definition) is 5. The molecule has 0 radical (unpaired) electrons. The molecule has 2 N–H and O–H groups in total. The van der Waals surface area contributed by atoms with Crippen molar-refractivity contribution in [3.63, 3.8) is 0 Å². The van der Waals surface area contributed by atoms with E-state index in [1.54, 1.807) is 18.1 Å². The van der Waals surface area contributed by atoms with E-state index in [9.17, 15) is 0 Å². The molecule has 0 aromatic carbocycles. The second-order valence-corrected chi connectivity index (χ2v) is 5.31. The molecule has 1 fully saturated rings. The smallest absolute Gasteiger partial charge is 0.130 e. The predicted octanol–water partition coefficient (Wildman–Crippen LogP) is 2.00. The lowest BCUT2D eigenvalue weighted by atomic mass is 9.93. The molecule has 4 nitrogen and oxygen atoms in total. The molecule has 94 valence electrons. The van der Waals surface area contributed by atoms with Crippen LogP contribution < -0.4 is 10.6 Å². The van der Waals surface area contributed by atoms with Crippen LogP contribution in [0.4, 0.5) is 5.82 Å². The van der Waals surface area contributed by atoms with Gasteiger partial charge in [-0.25, -0.2) is 9.97 Å². The summed E-state index contributed by atoms with van der Waals surface area (Å²) in [5, 5.41) is 7.94. The highest BCUT2D eigenvalue weighted by Gasteiger charge is 2.19. The van der Waals surface area contributed by atoms with Crippen LogP contribution in [0.3, 0.4) is 0 Å². The number of nitrogens with one attached hydrogen (secondary N) is 2. The third-order valence-corrected chi connectivity index (χ3v) is 3.91. The summed E-state index contributed by atoms with van der Waals surface area (Å²) in [4.78, 5) is 8.44. The Hall–Kier alpha value is -0.810. The van der Waals surface area contributed by atoms with Gasteiger partial charge in [0.1, 0.15) is 17.2 Å². The Morgan fingerprint density at radius 2 is 2.41 bits per heavy atom. The molecule has 0 bridgehead atoms. The van der Waals surface area contributed by atoms with Gasteiger partial charge in [-0.1, -0.05) is 0 Å². The average Bonchev–Trinajstić information content (AvgIpc) is 2.40. The van der Waals surface area contributed by atoms with Crippen molar-refractivity contribution in [1.82, 2.24) is 15.3 Å². The summed E-state index contributed by atoms with van der Waals surface area (Å²) in [6, 6.07) is 2.46. The van der Waals surface area contributed by atoms with Gasteiger partial charge in [-0.3, -0.25) is 0 Å². The number of piperidine rings is 1. The minimum atomic E-state index is 0.451. The summed E-state index contributed by atoms with van der Waals surface area (Å²) < 4.78 is 0. The van der Waals surface area contributed by atoms with Gasteiger partial charge in [-0.05, 0) is 45.0 Å². The van der Waals surface area contributed by atoms with Crippen LogP contribution in [0.1, 0.15) is 19.8 Å². The third kappa shape index (κ3) is 3.57. The molecule has 0 spiro atoms. The number of thioether (sulfide) groups is 1. The Morgan fingerprint density at radius 1 is 1.53 bits per heavy atom. The van der Waals surface area contributed by atoms with Crippen LogP contribution in [0.25, 0.3) is 0 Å². The third-order valence-electron chi connectivity index (χ3n) is 3.27. The first-order valence-electron chi connectivity index (χ1n) is 6.13. The molecular weight excluding hydrogens is 232 g/mol. The summed E-state index contributed by atoms with van der Waals surface area (Å²) in [5.74, 6) is 1.62. The SMILES string of the molecule is CSc1cc(NC(C)C2CCCNC2)ncn1. The fourth-order valence-corrected chi connectivity index (χ4v) is 2.57. The summed E-state index contributed by atoms with van der Waals surface area (Å²) in [5.41, 5.74) is 0. The summed E-state index contributed by atoms with van der Waals surface area (Å²) >= 11 is 1.64. The minimum Gasteiger partial charge on any atom is -0.367 e. The maximum Gasteiger partial charge on any atom is 0.130 e. The Morgan fingerprint density at radius 3 is 3.12 bits per heavy atom. The standard InChI is InChI=1S/C12H20N4S/c1-9(10-4-3-5-13-7-10)16-11-6-12(17-2)15-8-14-11/h6,8-10,13H,3-5,7H2,1-2H3,(H,14,15,16). The van der Waals surface area contributed by atoms with Crippen LogP contribution in [0, 0.1) is 5.92 Å². The number of hydrogen-bond donors (Lipinski definition) is 2. The highest BCUT2D eigenvalue weighted by molar-refractivity contribution is 7.98. The van der Waals surface area contributed by atoms with Crippen molar-refractivity contribution >= 4 is 17.6 Å². The van der Waals surface area contributed by atoms with Crippen LogP contribution in [-0.2, 0) is 0 Å². The zero-order valence-electron chi connectivity index (χ0n) is 10.4. The number of anilines is 1. The van der Waals surface area contributed by atoms with Gasteiger partial charge in [0, 0.05) is 12.1 Å². The Balaban J connectivity index is 1.94. The van der Waals surface area contributed by atoms with E-state index in [-0.39, 0.29) is 0 Å². The van der Waals surface area contributed by atoms with Gasteiger partial charge in [0.2, 0.25) is 0 Å². The van der Waals surface area contributed by atoms with Gasteiger partial charge < -0.3 is 10.6 Å². The molecular formula is C12H20N4S. The van der Waals surface area contributed by atoms with Gasteiger partial charge in [0.15, 0.2) is 0 Å². The van der Waals surface area contributed by atoms with E-state index in [1.165, 1.54) is 12.8 Å². The van der Waals surface area contributed by atoms with E-state index < -0.39 is 0 Å². The fraction of sp³-hybridized carbons (Fsp3) is 0.667. The molecule has 0 aliphatic carbocycles. The minimum absolute atomic E-state index is 0.451. The molecule has 1 aromatic heterocycles. The van der Waals surface area contributed by atoms with Crippen LogP contribution >= 0.6 is 11.8 Å². The lowest BCUT2D eigenvalue weighted by Gasteiger charge is -2.29. The zero-order valence-corrected chi connectivity index (χ0v) is 11.3. The molecule has 5 heteroatoms. The van der Waals surface area contributed by atoms with E-state index >= 15 is 0 Å². The van der Waals surface area contributed by atoms with Gasteiger partial charge in [-0.15, -0.1) is 11.8 Å². The van der Waals surface area contributed by atoms with Crippen LogP contribution in [0.2, 0.25) is 0 Å². The largest absolute Gasteiger partial charge is 0.367 e. The van der Waals surface area contributed by atoms with Crippen molar-refractivity contribution in [2.45, 2.75) is 30.8 Å². The van der Waals surface area contributed by atoms with E-state index in [0.717, 1.165) is 23.9 Å². The second kappa shape index (κ2) is 6.21. The molecule has 2 atom stereocenters. The first kappa shape index (κ1) is 12.6. The molecule has 1 aliphatic heterocycles. The van der Waals surface area contributed by atoms with Crippen LogP contribution in [0.5, 0.6) is 0 Å². The second-order valence-electron chi connectivity index (χ2n) is 4.49. The van der Waals surface area contributed by atoms with Crippen molar-refractivity contribution in [2.24, 2.45) is 5.92 Å². The lowest BCUT2D eigenvalue weighted by molar-refractivity contribution is 0.346. The van der Waals surface area contributed by atoms with Crippen molar-refractivity contribution < 1.29 is 0 Å². The maximum absolute atomic E-state index is 4.27. The first-order valence-corrected chi connectivity index (χ1v) is 7.35.